The van der Waals surface area contributed by atoms with Gasteiger partial charge in [-0.15, -0.1) is 0 Å². The van der Waals surface area contributed by atoms with Crippen LogP contribution in [0.25, 0.3) is 0 Å². The van der Waals surface area contributed by atoms with Crippen LogP contribution in [0.2, 0.25) is 0 Å². The molecule has 0 spiro atoms. The minimum atomic E-state index is -0.546. The molecule has 0 bridgehead atoms. The molecule has 0 heterocycles. The lowest BCUT2D eigenvalue weighted by Crippen LogP contribution is -2.16. The fourth-order valence-corrected chi connectivity index (χ4v) is 1.45. The molecule has 6 nitrogen and oxygen atoms in total. The van der Waals surface area contributed by atoms with Crippen LogP contribution >= 0.6 is 23.2 Å². The normalized spacial score (nSPS) is 14.2. The quantitative estimate of drug-likeness (QED) is 0.291. The number of primary amides is 1. The number of methoxy groups -OCH3 is 1. The number of hydrogen-bond donors (Lipinski definition) is 2. The summed E-state index contributed by atoms with van der Waals surface area (Å²) in [5.74, 6) is -0.159. The maximum Gasteiger partial charge on any atom is 0.244 e. The molecule has 0 fully saturated rings. The zero-order chi connectivity index (χ0) is 17.0. The summed E-state index contributed by atoms with van der Waals surface area (Å²) in [6.07, 6.45) is 5.84. The molecule has 8 heteroatoms. The highest BCUT2D eigenvalue weighted by Gasteiger charge is 2.05. The lowest BCUT2D eigenvalue weighted by Gasteiger charge is -2.10. The summed E-state index contributed by atoms with van der Waals surface area (Å²) in [7, 11) is 1.46. The van der Waals surface area contributed by atoms with Gasteiger partial charge in [0.05, 0.1) is 17.8 Å². The van der Waals surface area contributed by atoms with E-state index < -0.39 is 5.91 Å². The lowest BCUT2D eigenvalue weighted by molar-refractivity contribution is -0.114. The summed E-state index contributed by atoms with van der Waals surface area (Å²) in [5, 5.41) is 3.31. The van der Waals surface area contributed by atoms with Gasteiger partial charge in [-0.1, -0.05) is 23.2 Å². The number of carbonyl (C=O) groups is 1. The average molecular weight is 345 g/mol. The molecule has 0 radical (unpaired) electrons. The highest BCUT2D eigenvalue weighted by molar-refractivity contribution is 6.39. The monoisotopic (exact) mass is 344 g/mol. The van der Waals surface area contributed by atoms with E-state index in [9.17, 15) is 4.79 Å². The molecule has 22 heavy (non-hydrogen) atoms. The maximum atomic E-state index is 11.1. The second-order valence-electron chi connectivity index (χ2n) is 3.81. The second-order valence-corrected chi connectivity index (χ2v) is 4.50. The zero-order valence-corrected chi connectivity index (χ0v) is 13.9. The molecule has 0 aliphatic heterocycles. The first-order chi connectivity index (χ1) is 10.5. The van der Waals surface area contributed by atoms with Crippen molar-refractivity contribution in [3.8, 4) is 0 Å². The van der Waals surface area contributed by atoms with Gasteiger partial charge in [0.25, 0.3) is 0 Å². The molecule has 0 unspecified atom stereocenters. The fourth-order valence-electron chi connectivity index (χ4n) is 1.19. The predicted molar refractivity (Wildman–Crippen MR) is 92.0 cm³/mol. The van der Waals surface area contributed by atoms with Gasteiger partial charge in [0.15, 0.2) is 0 Å². The first-order valence-corrected chi connectivity index (χ1v) is 6.86. The van der Waals surface area contributed by atoms with Gasteiger partial charge < -0.3 is 15.8 Å². The molecule has 3 N–H and O–H groups in total. The smallest absolute Gasteiger partial charge is 0.244 e. The summed E-state index contributed by atoms with van der Waals surface area (Å²) in [5.41, 5.74) is 7.35. The number of nitrogens with one attached hydrogen (secondary N) is 1. The topological polar surface area (TPSA) is 89.1 Å². The number of carbonyl (C=O) groups excluding carboxylic acids is 1. The highest BCUT2D eigenvalue weighted by atomic mass is 35.5. The Morgan fingerprint density at radius 1 is 1.50 bits per heavy atom. The first-order valence-electron chi connectivity index (χ1n) is 6.04. The van der Waals surface area contributed by atoms with E-state index in [1.54, 1.807) is 13.0 Å². The van der Waals surface area contributed by atoms with Crippen LogP contribution in [-0.4, -0.2) is 32.6 Å². The number of aliphatic imine (C=N–C) groups is 2. The van der Waals surface area contributed by atoms with Gasteiger partial charge in [-0.05, 0) is 25.8 Å². The van der Waals surface area contributed by atoms with Crippen molar-refractivity contribution in [3.63, 3.8) is 0 Å². The van der Waals surface area contributed by atoms with Crippen molar-refractivity contribution >= 4 is 42.0 Å². The molecule has 0 aliphatic rings. The Hall–Kier alpha value is -2.05. The van der Waals surface area contributed by atoms with E-state index in [1.807, 2.05) is 0 Å². The first kappa shape index (κ1) is 19.9. The molecular formula is C14H18Cl2N4O2. The van der Waals surface area contributed by atoms with Crippen molar-refractivity contribution in [3.05, 3.63) is 45.9 Å². The van der Waals surface area contributed by atoms with Crippen LogP contribution in [0.4, 0.5) is 0 Å². The number of nitrogens with zero attached hydrogens (tertiary/aromatic N) is 2. The number of nitrogens with two attached hydrogens (primary N) is 1. The molecule has 0 atom stereocenters. The second kappa shape index (κ2) is 11.6. The largest absolute Gasteiger partial charge is 0.495 e. The predicted octanol–water partition coefficient (Wildman–Crippen LogP) is 2.43. The van der Waals surface area contributed by atoms with Crippen molar-refractivity contribution < 1.29 is 9.53 Å². The van der Waals surface area contributed by atoms with Crippen LogP contribution in [-0.2, 0) is 9.53 Å². The molecule has 0 aromatic rings. The van der Waals surface area contributed by atoms with Gasteiger partial charge in [0.1, 0.15) is 12.4 Å². The van der Waals surface area contributed by atoms with Crippen LogP contribution in [0.15, 0.2) is 55.9 Å². The molecule has 0 aromatic heterocycles. The SMILES string of the molecule is C=N/C=C(/Cl)C=NCNC(/C=C/Cl)=C(/C=C(\C)C(N)=O)OC. The highest BCUT2D eigenvalue weighted by Crippen LogP contribution is 2.10. The molecule has 0 aliphatic carbocycles. The van der Waals surface area contributed by atoms with Crippen molar-refractivity contribution in [2.24, 2.45) is 15.7 Å². The van der Waals surface area contributed by atoms with E-state index >= 15 is 0 Å². The number of ether oxygens (including phenoxy) is 1. The lowest BCUT2D eigenvalue weighted by atomic mass is 10.2. The van der Waals surface area contributed by atoms with Crippen LogP contribution in [0, 0.1) is 0 Å². The Balaban J connectivity index is 5.14. The van der Waals surface area contributed by atoms with E-state index in [0.29, 0.717) is 22.1 Å². The number of rotatable bonds is 9. The third-order valence-corrected chi connectivity index (χ3v) is 2.56. The average Bonchev–Trinajstić information content (AvgIpc) is 2.48. The third kappa shape index (κ3) is 8.28. The van der Waals surface area contributed by atoms with Crippen LogP contribution < -0.4 is 11.1 Å². The van der Waals surface area contributed by atoms with E-state index in [0.717, 1.165) is 0 Å². The zero-order valence-electron chi connectivity index (χ0n) is 12.3. The van der Waals surface area contributed by atoms with Crippen molar-refractivity contribution in [2.45, 2.75) is 6.92 Å². The Bertz CT molecular complexity index is 549. The molecule has 0 saturated carbocycles. The molecule has 0 rings (SSSR count). The minimum Gasteiger partial charge on any atom is -0.495 e. The molecule has 1 amide bonds. The third-order valence-electron chi connectivity index (χ3n) is 2.24. The van der Waals surface area contributed by atoms with E-state index in [2.05, 4.69) is 22.0 Å². The van der Waals surface area contributed by atoms with Gasteiger partial charge >= 0.3 is 0 Å². The maximum absolute atomic E-state index is 11.1. The van der Waals surface area contributed by atoms with Gasteiger partial charge in [0, 0.05) is 23.5 Å². The van der Waals surface area contributed by atoms with Crippen LogP contribution in [0.3, 0.4) is 0 Å². The van der Waals surface area contributed by atoms with E-state index in [1.165, 1.54) is 31.1 Å². The molecule has 0 saturated heterocycles. The standard InChI is InChI=1S/C14H18Cl2N4O2/c1-10(14(17)21)6-13(22-3)12(4-5-15)20-9-19-8-11(16)7-18-2/h4-8,20H,2,9H2,1,3H3,(H2,17,21)/b5-4+,10-6+,11-7+,13-12-,19-8?. The van der Waals surface area contributed by atoms with Gasteiger partial charge in [-0.2, -0.15) is 0 Å². The van der Waals surface area contributed by atoms with Gasteiger partial charge in [-0.25, -0.2) is 0 Å². The van der Waals surface area contributed by atoms with Gasteiger partial charge in [-0.3, -0.25) is 14.8 Å². The number of halogens is 2. The van der Waals surface area contributed by atoms with Crippen molar-refractivity contribution in [2.75, 3.05) is 13.8 Å². The van der Waals surface area contributed by atoms with Crippen LogP contribution in [0.5, 0.6) is 0 Å². The number of allylic oxidation sites excluding steroid dienone is 3. The van der Waals surface area contributed by atoms with Crippen molar-refractivity contribution in [1.29, 1.82) is 0 Å². The molecular weight excluding hydrogens is 327 g/mol. The minimum absolute atomic E-state index is 0.202. The van der Waals surface area contributed by atoms with Crippen LogP contribution in [0.1, 0.15) is 6.92 Å². The molecule has 0 aromatic carbocycles. The van der Waals surface area contributed by atoms with Crippen molar-refractivity contribution in [1.82, 2.24) is 5.32 Å². The summed E-state index contributed by atoms with van der Waals surface area (Å²) < 4.78 is 5.21. The van der Waals surface area contributed by atoms with E-state index in [4.69, 9.17) is 33.7 Å². The Kier molecular flexibility index (Phi) is 10.5. The Morgan fingerprint density at radius 3 is 2.68 bits per heavy atom. The Labute approximate surface area is 139 Å². The molecule has 120 valence electrons. The van der Waals surface area contributed by atoms with E-state index in [-0.39, 0.29) is 6.67 Å². The van der Waals surface area contributed by atoms with Gasteiger partial charge in [0.2, 0.25) is 5.91 Å². The number of hydrogen-bond acceptors (Lipinski definition) is 5. The summed E-state index contributed by atoms with van der Waals surface area (Å²) in [6.45, 7) is 5.06. The summed E-state index contributed by atoms with van der Waals surface area (Å²) in [6, 6.07) is 0. The Morgan fingerprint density at radius 2 is 2.18 bits per heavy atom. The summed E-state index contributed by atoms with van der Waals surface area (Å²) in [4.78, 5) is 18.6. The summed E-state index contributed by atoms with van der Waals surface area (Å²) >= 11 is 11.4. The fraction of sp³-hybridized carbons (Fsp3) is 0.214. The number of amides is 1.